The lowest BCUT2D eigenvalue weighted by atomic mass is 9.94. The van der Waals surface area contributed by atoms with Crippen LogP contribution in [0.3, 0.4) is 0 Å². The smallest absolute Gasteiger partial charge is 0.278 e. The SMILES string of the molecule is CC(=O)c1ccc(N2C(=O)C3ON=C(c4ccc(Cl)cc4Cl)C3C2=O)cc1. The number of anilines is 1. The molecular weight excluding hydrogens is 391 g/mol. The molecule has 2 aliphatic heterocycles. The molecule has 0 radical (unpaired) electrons. The van der Waals surface area contributed by atoms with Crippen LogP contribution in [-0.2, 0) is 14.4 Å². The Kier molecular flexibility index (Phi) is 4.25. The second-order valence-corrected chi connectivity index (χ2v) is 7.06. The molecule has 2 amide bonds. The Labute approximate surface area is 164 Å². The number of Topliss-reactive ketones (excluding diaryl/α,β-unsaturated/α-hetero) is 1. The summed E-state index contributed by atoms with van der Waals surface area (Å²) in [6.45, 7) is 1.44. The van der Waals surface area contributed by atoms with Crippen LogP contribution in [0, 0.1) is 5.92 Å². The van der Waals surface area contributed by atoms with Crippen molar-refractivity contribution < 1.29 is 19.2 Å². The molecule has 0 spiro atoms. The van der Waals surface area contributed by atoms with Gasteiger partial charge in [-0.2, -0.15) is 0 Å². The van der Waals surface area contributed by atoms with Crippen molar-refractivity contribution in [3.63, 3.8) is 0 Å². The Morgan fingerprint density at radius 1 is 1.07 bits per heavy atom. The lowest BCUT2D eigenvalue weighted by Gasteiger charge is -2.16. The van der Waals surface area contributed by atoms with Gasteiger partial charge in [0.2, 0.25) is 12.0 Å². The number of carbonyl (C=O) groups is 3. The van der Waals surface area contributed by atoms with Crippen molar-refractivity contribution >= 4 is 52.2 Å². The zero-order valence-corrected chi connectivity index (χ0v) is 15.5. The van der Waals surface area contributed by atoms with Gasteiger partial charge in [0.05, 0.1) is 10.7 Å². The highest BCUT2D eigenvalue weighted by atomic mass is 35.5. The summed E-state index contributed by atoms with van der Waals surface area (Å²) >= 11 is 12.1. The monoisotopic (exact) mass is 402 g/mol. The van der Waals surface area contributed by atoms with Gasteiger partial charge in [0.1, 0.15) is 11.6 Å². The van der Waals surface area contributed by atoms with E-state index in [-0.39, 0.29) is 5.78 Å². The Bertz CT molecular complexity index is 1020. The van der Waals surface area contributed by atoms with Crippen LogP contribution in [0.4, 0.5) is 5.69 Å². The van der Waals surface area contributed by atoms with E-state index >= 15 is 0 Å². The summed E-state index contributed by atoms with van der Waals surface area (Å²) in [5.41, 5.74) is 1.64. The van der Waals surface area contributed by atoms with Crippen molar-refractivity contribution in [3.8, 4) is 0 Å². The maximum atomic E-state index is 13.0. The maximum absolute atomic E-state index is 13.0. The van der Waals surface area contributed by atoms with Crippen molar-refractivity contribution in [1.82, 2.24) is 0 Å². The molecule has 2 atom stereocenters. The number of carbonyl (C=O) groups excluding carboxylic acids is 3. The van der Waals surface area contributed by atoms with Gasteiger partial charge >= 0.3 is 0 Å². The quantitative estimate of drug-likeness (QED) is 0.581. The van der Waals surface area contributed by atoms with Crippen LogP contribution in [0.2, 0.25) is 10.0 Å². The molecule has 136 valence electrons. The second kappa shape index (κ2) is 6.48. The van der Waals surface area contributed by atoms with Crippen molar-refractivity contribution in [3.05, 3.63) is 63.6 Å². The first-order valence-corrected chi connectivity index (χ1v) is 8.82. The second-order valence-electron chi connectivity index (χ2n) is 6.22. The van der Waals surface area contributed by atoms with E-state index in [1.54, 1.807) is 36.4 Å². The van der Waals surface area contributed by atoms with E-state index in [0.29, 0.717) is 32.6 Å². The average molecular weight is 403 g/mol. The van der Waals surface area contributed by atoms with E-state index in [9.17, 15) is 14.4 Å². The number of benzene rings is 2. The molecule has 2 aromatic rings. The topological polar surface area (TPSA) is 76.0 Å². The van der Waals surface area contributed by atoms with E-state index in [1.807, 2.05) is 0 Å². The number of hydrogen-bond acceptors (Lipinski definition) is 5. The number of hydrogen-bond donors (Lipinski definition) is 0. The number of nitrogens with zero attached hydrogens (tertiary/aromatic N) is 2. The molecule has 1 fully saturated rings. The van der Waals surface area contributed by atoms with Crippen LogP contribution in [-0.4, -0.2) is 29.4 Å². The molecule has 2 heterocycles. The molecular formula is C19H12Cl2N2O4. The average Bonchev–Trinajstić information content (AvgIpc) is 3.16. The van der Waals surface area contributed by atoms with Crippen LogP contribution in [0.1, 0.15) is 22.8 Å². The fourth-order valence-electron chi connectivity index (χ4n) is 3.20. The van der Waals surface area contributed by atoms with E-state index in [1.165, 1.54) is 13.0 Å². The van der Waals surface area contributed by atoms with Crippen LogP contribution in [0.25, 0.3) is 0 Å². The Hall–Kier alpha value is -2.70. The Morgan fingerprint density at radius 2 is 1.78 bits per heavy atom. The van der Waals surface area contributed by atoms with Crippen LogP contribution in [0.5, 0.6) is 0 Å². The minimum atomic E-state index is -1.04. The molecule has 0 aliphatic carbocycles. The molecule has 2 aliphatic rings. The number of amides is 2. The molecule has 2 aromatic carbocycles. The summed E-state index contributed by atoms with van der Waals surface area (Å²) in [4.78, 5) is 43.4. The predicted octanol–water partition coefficient (Wildman–Crippen LogP) is 3.49. The lowest BCUT2D eigenvalue weighted by molar-refractivity contribution is -0.126. The lowest BCUT2D eigenvalue weighted by Crippen LogP contribution is -2.33. The van der Waals surface area contributed by atoms with Gasteiger partial charge in [0, 0.05) is 16.1 Å². The van der Waals surface area contributed by atoms with Crippen LogP contribution < -0.4 is 4.90 Å². The summed E-state index contributed by atoms with van der Waals surface area (Å²) < 4.78 is 0. The molecule has 2 unspecified atom stereocenters. The standard InChI is InChI=1S/C19H12Cl2N2O4/c1-9(24)10-2-5-12(6-3-10)23-18(25)15-16(22-27-17(15)19(23)26)13-7-4-11(20)8-14(13)21/h2-8,15,17H,1H3. The molecule has 0 aromatic heterocycles. The minimum Gasteiger partial charge on any atom is -0.381 e. The highest BCUT2D eigenvalue weighted by Gasteiger charge is 2.56. The number of imide groups is 1. The van der Waals surface area contributed by atoms with Gasteiger partial charge in [0.15, 0.2) is 5.78 Å². The summed E-state index contributed by atoms with van der Waals surface area (Å²) in [7, 11) is 0. The van der Waals surface area contributed by atoms with E-state index in [2.05, 4.69) is 5.16 Å². The zero-order valence-electron chi connectivity index (χ0n) is 14.0. The third kappa shape index (κ3) is 2.81. The summed E-state index contributed by atoms with van der Waals surface area (Å²) in [6.07, 6.45) is -1.04. The minimum absolute atomic E-state index is 0.104. The molecule has 0 N–H and O–H groups in total. The normalized spacial score (nSPS) is 21.1. The molecule has 27 heavy (non-hydrogen) atoms. The fraction of sp³-hybridized carbons (Fsp3) is 0.158. The zero-order chi connectivity index (χ0) is 19.3. The largest absolute Gasteiger partial charge is 0.381 e. The number of rotatable bonds is 3. The summed E-state index contributed by atoms with van der Waals surface area (Å²) in [6, 6.07) is 11.0. The molecule has 6 nitrogen and oxygen atoms in total. The Balaban J connectivity index is 1.69. The van der Waals surface area contributed by atoms with Gasteiger partial charge in [-0.3, -0.25) is 14.4 Å². The molecule has 0 bridgehead atoms. The van der Waals surface area contributed by atoms with E-state index < -0.39 is 23.8 Å². The van der Waals surface area contributed by atoms with Gasteiger partial charge in [-0.15, -0.1) is 0 Å². The summed E-state index contributed by atoms with van der Waals surface area (Å²) in [5.74, 6) is -1.96. The number of halogens is 2. The predicted molar refractivity (Wildman–Crippen MR) is 100 cm³/mol. The van der Waals surface area contributed by atoms with Gasteiger partial charge in [-0.05, 0) is 43.3 Å². The van der Waals surface area contributed by atoms with Crippen molar-refractivity contribution in [2.45, 2.75) is 13.0 Å². The maximum Gasteiger partial charge on any atom is 0.278 e. The summed E-state index contributed by atoms with van der Waals surface area (Å²) in [5, 5.41) is 4.68. The fourth-order valence-corrected chi connectivity index (χ4v) is 3.70. The van der Waals surface area contributed by atoms with Gasteiger partial charge in [-0.1, -0.05) is 34.4 Å². The van der Waals surface area contributed by atoms with Gasteiger partial charge in [-0.25, -0.2) is 4.90 Å². The van der Waals surface area contributed by atoms with E-state index in [0.717, 1.165) is 4.90 Å². The first kappa shape index (κ1) is 17.7. The number of oxime groups is 1. The molecule has 8 heteroatoms. The third-order valence-corrected chi connectivity index (χ3v) is 5.10. The first-order chi connectivity index (χ1) is 12.9. The van der Waals surface area contributed by atoms with Gasteiger partial charge in [0.25, 0.3) is 5.91 Å². The highest BCUT2D eigenvalue weighted by Crippen LogP contribution is 2.37. The van der Waals surface area contributed by atoms with Crippen molar-refractivity contribution in [1.29, 1.82) is 0 Å². The van der Waals surface area contributed by atoms with Gasteiger partial charge < -0.3 is 4.84 Å². The van der Waals surface area contributed by atoms with Crippen LogP contribution >= 0.6 is 23.2 Å². The molecule has 1 saturated heterocycles. The number of ketones is 1. The third-order valence-electron chi connectivity index (χ3n) is 4.55. The van der Waals surface area contributed by atoms with Crippen molar-refractivity contribution in [2.24, 2.45) is 11.1 Å². The first-order valence-electron chi connectivity index (χ1n) is 8.06. The molecule has 4 rings (SSSR count). The van der Waals surface area contributed by atoms with Crippen LogP contribution in [0.15, 0.2) is 47.6 Å². The highest BCUT2D eigenvalue weighted by molar-refractivity contribution is 6.39. The Morgan fingerprint density at radius 3 is 2.41 bits per heavy atom. The van der Waals surface area contributed by atoms with Crippen molar-refractivity contribution in [2.75, 3.05) is 4.90 Å². The molecule has 0 saturated carbocycles. The van der Waals surface area contributed by atoms with E-state index in [4.69, 9.17) is 28.0 Å². The number of fused-ring (bicyclic) bond motifs is 1.